The van der Waals surface area contributed by atoms with Crippen LogP contribution in [-0.4, -0.2) is 43.3 Å². The zero-order chi connectivity index (χ0) is 22.7. The number of hydrogen-bond donors (Lipinski definition) is 1. The summed E-state index contributed by atoms with van der Waals surface area (Å²) in [7, 11) is 4.13. The Morgan fingerprint density at radius 3 is 2.62 bits per heavy atom. The smallest absolute Gasteiger partial charge is 0.156 e. The number of anilines is 1. The fourth-order valence-electron chi connectivity index (χ4n) is 7.23. The van der Waals surface area contributed by atoms with Crippen LogP contribution in [-0.2, 0) is 9.53 Å². The molecular weight excluding hydrogens is 398 g/mol. The van der Waals surface area contributed by atoms with Crippen LogP contribution < -0.4 is 4.90 Å². The van der Waals surface area contributed by atoms with Gasteiger partial charge in [0.1, 0.15) is 0 Å². The molecule has 5 rings (SSSR count). The van der Waals surface area contributed by atoms with Crippen molar-refractivity contribution in [1.82, 2.24) is 0 Å². The minimum atomic E-state index is -0.632. The summed E-state index contributed by atoms with van der Waals surface area (Å²) in [6.07, 6.45) is 7.95. The van der Waals surface area contributed by atoms with Crippen LogP contribution in [0.1, 0.15) is 70.3 Å². The fourth-order valence-corrected chi connectivity index (χ4v) is 7.23. The van der Waals surface area contributed by atoms with Crippen LogP contribution in [0, 0.1) is 11.3 Å². The Bertz CT molecular complexity index is 975. The summed E-state index contributed by atoms with van der Waals surface area (Å²) in [6, 6.07) is 8.91. The van der Waals surface area contributed by atoms with Crippen LogP contribution in [0.25, 0.3) is 0 Å². The quantitative estimate of drug-likeness (QED) is 0.709. The van der Waals surface area contributed by atoms with Crippen molar-refractivity contribution in [2.24, 2.45) is 11.3 Å². The Kier molecular flexibility index (Phi) is 5.37. The van der Waals surface area contributed by atoms with E-state index in [-0.39, 0.29) is 23.2 Å². The van der Waals surface area contributed by atoms with Gasteiger partial charge in [0.25, 0.3) is 0 Å². The highest BCUT2D eigenvalue weighted by molar-refractivity contribution is 5.93. The Morgan fingerprint density at radius 2 is 1.94 bits per heavy atom. The molecule has 1 aromatic rings. The number of benzene rings is 1. The molecule has 5 unspecified atom stereocenters. The second-order valence-corrected chi connectivity index (χ2v) is 10.9. The van der Waals surface area contributed by atoms with E-state index in [0.717, 1.165) is 44.1 Å². The Labute approximate surface area is 192 Å². The van der Waals surface area contributed by atoms with Gasteiger partial charge in [-0.15, -0.1) is 0 Å². The molecule has 3 aliphatic carbocycles. The van der Waals surface area contributed by atoms with Crippen LogP contribution >= 0.6 is 0 Å². The van der Waals surface area contributed by atoms with Crippen LogP contribution in [0.15, 0.2) is 47.1 Å². The van der Waals surface area contributed by atoms with Gasteiger partial charge in [0.05, 0.1) is 18.3 Å². The number of ketones is 1. The number of aliphatic hydroxyl groups is 1. The Hall–Kier alpha value is -1.91. The van der Waals surface area contributed by atoms with E-state index in [1.165, 1.54) is 22.4 Å². The highest BCUT2D eigenvalue weighted by Crippen LogP contribution is 2.65. The van der Waals surface area contributed by atoms with Gasteiger partial charge in [-0.25, -0.2) is 0 Å². The minimum absolute atomic E-state index is 0.0403. The molecule has 1 N–H and O–H groups in total. The normalized spacial score (nSPS) is 36.3. The van der Waals surface area contributed by atoms with E-state index < -0.39 is 5.60 Å². The van der Waals surface area contributed by atoms with Gasteiger partial charge in [0, 0.05) is 37.5 Å². The maximum Gasteiger partial charge on any atom is 0.156 e. The first-order valence-corrected chi connectivity index (χ1v) is 12.4. The average Bonchev–Trinajstić information content (AvgIpc) is 3.03. The highest BCUT2D eigenvalue weighted by Gasteiger charge is 2.63. The summed E-state index contributed by atoms with van der Waals surface area (Å²) in [6.45, 7) is 5.03. The number of allylic oxidation sites excluding steroid dienone is 1. The van der Waals surface area contributed by atoms with Crippen molar-refractivity contribution < 1.29 is 14.6 Å². The molecule has 2 fully saturated rings. The summed E-state index contributed by atoms with van der Waals surface area (Å²) in [5.41, 5.74) is 5.55. The first-order valence-electron chi connectivity index (χ1n) is 12.4. The van der Waals surface area contributed by atoms with E-state index in [0.29, 0.717) is 18.9 Å². The minimum Gasteiger partial charge on any atom is -0.389 e. The summed E-state index contributed by atoms with van der Waals surface area (Å²) in [5, 5.41) is 11.9. The summed E-state index contributed by atoms with van der Waals surface area (Å²) < 4.78 is 6.57. The second kappa shape index (κ2) is 7.85. The molecule has 0 spiro atoms. The zero-order valence-corrected chi connectivity index (χ0v) is 20.0. The molecule has 1 aromatic carbocycles. The summed E-state index contributed by atoms with van der Waals surface area (Å²) in [5.74, 6) is 0.765. The van der Waals surface area contributed by atoms with Crippen molar-refractivity contribution >= 4 is 11.5 Å². The molecule has 0 bridgehead atoms. The van der Waals surface area contributed by atoms with Gasteiger partial charge in [0.15, 0.2) is 5.78 Å². The largest absolute Gasteiger partial charge is 0.389 e. The van der Waals surface area contributed by atoms with Gasteiger partial charge in [-0.2, -0.15) is 0 Å². The lowest BCUT2D eigenvalue weighted by Crippen LogP contribution is -2.54. The second-order valence-electron chi connectivity index (χ2n) is 10.9. The zero-order valence-electron chi connectivity index (χ0n) is 20.0. The van der Waals surface area contributed by atoms with E-state index in [9.17, 15) is 9.90 Å². The van der Waals surface area contributed by atoms with Gasteiger partial charge < -0.3 is 14.7 Å². The number of rotatable bonds is 4. The van der Waals surface area contributed by atoms with Crippen LogP contribution in [0.3, 0.4) is 0 Å². The first kappa shape index (κ1) is 21.9. The van der Waals surface area contributed by atoms with Crippen LogP contribution in [0.5, 0.6) is 0 Å². The topological polar surface area (TPSA) is 49.8 Å². The molecule has 32 heavy (non-hydrogen) atoms. The van der Waals surface area contributed by atoms with Crippen molar-refractivity contribution in [3.63, 3.8) is 0 Å². The van der Waals surface area contributed by atoms with E-state index in [1.54, 1.807) is 0 Å². The van der Waals surface area contributed by atoms with E-state index in [2.05, 4.69) is 57.1 Å². The molecule has 4 aliphatic rings. The number of carbonyl (C=O) groups excluding carboxylic acids is 1. The first-order chi connectivity index (χ1) is 15.3. The number of ether oxygens (including phenoxy) is 1. The molecule has 4 heteroatoms. The monoisotopic (exact) mass is 435 g/mol. The fraction of sp³-hybridized carbons (Fsp3) is 0.607. The molecule has 0 amide bonds. The van der Waals surface area contributed by atoms with Gasteiger partial charge in [-0.05, 0) is 78.5 Å². The molecular formula is C28H37NO3. The maximum absolute atomic E-state index is 12.1. The van der Waals surface area contributed by atoms with Gasteiger partial charge in [0.2, 0.25) is 0 Å². The molecule has 0 aromatic heterocycles. The lowest BCUT2D eigenvalue weighted by molar-refractivity contribution is -0.120. The van der Waals surface area contributed by atoms with Crippen molar-refractivity contribution in [1.29, 1.82) is 0 Å². The van der Waals surface area contributed by atoms with Gasteiger partial charge >= 0.3 is 0 Å². The SMILES string of the molecule is CCCC1(O)CCC2C3OCC4=CC(=O)CCC4=C3C(c3ccc(N(C)C)cc3)CC21C. The number of hydrogen-bond acceptors (Lipinski definition) is 4. The van der Waals surface area contributed by atoms with E-state index in [4.69, 9.17) is 4.74 Å². The molecule has 1 aliphatic heterocycles. The molecule has 2 saturated carbocycles. The predicted octanol–water partition coefficient (Wildman–Crippen LogP) is 5.17. The third kappa shape index (κ3) is 3.21. The molecule has 0 radical (unpaired) electrons. The third-order valence-corrected chi connectivity index (χ3v) is 9.01. The van der Waals surface area contributed by atoms with Crippen molar-refractivity contribution in [2.75, 3.05) is 25.6 Å². The Balaban J connectivity index is 1.65. The van der Waals surface area contributed by atoms with Crippen molar-refractivity contribution in [3.8, 4) is 0 Å². The summed E-state index contributed by atoms with van der Waals surface area (Å²) in [4.78, 5) is 14.3. The molecule has 1 heterocycles. The molecule has 5 atom stereocenters. The molecule has 172 valence electrons. The third-order valence-electron chi connectivity index (χ3n) is 9.01. The van der Waals surface area contributed by atoms with E-state index >= 15 is 0 Å². The number of carbonyl (C=O) groups is 1. The van der Waals surface area contributed by atoms with Gasteiger partial charge in [-0.1, -0.05) is 32.4 Å². The average molecular weight is 436 g/mol. The van der Waals surface area contributed by atoms with E-state index in [1.807, 2.05) is 6.08 Å². The van der Waals surface area contributed by atoms with Gasteiger partial charge in [-0.3, -0.25) is 4.79 Å². The van der Waals surface area contributed by atoms with Crippen molar-refractivity contribution in [2.45, 2.75) is 76.4 Å². The highest BCUT2D eigenvalue weighted by atomic mass is 16.5. The lowest BCUT2D eigenvalue weighted by atomic mass is 9.55. The predicted molar refractivity (Wildman–Crippen MR) is 128 cm³/mol. The van der Waals surface area contributed by atoms with Crippen LogP contribution in [0.4, 0.5) is 5.69 Å². The lowest BCUT2D eigenvalue weighted by Gasteiger charge is -2.54. The summed E-state index contributed by atoms with van der Waals surface area (Å²) >= 11 is 0. The number of nitrogens with zero attached hydrogens (tertiary/aromatic N) is 1. The van der Waals surface area contributed by atoms with Crippen molar-refractivity contribution in [3.05, 3.63) is 52.6 Å². The standard InChI is InChI=1S/C28H37NO3/c1-5-13-28(31)14-12-24-26-25(22-11-10-21(30)15-19(22)17-32-26)23(16-27(24,28)2)18-6-8-20(9-7-18)29(3)4/h6-9,15,23-24,26,31H,5,10-14,16-17H2,1-4H3. The maximum atomic E-state index is 12.1. The Morgan fingerprint density at radius 1 is 1.19 bits per heavy atom. The molecule has 4 nitrogen and oxygen atoms in total. The molecule has 0 saturated heterocycles. The van der Waals surface area contributed by atoms with Crippen LogP contribution in [0.2, 0.25) is 0 Å². The number of fused-ring (bicyclic) bond motifs is 4.